The van der Waals surface area contributed by atoms with E-state index in [1.54, 1.807) is 27.0 Å². The Labute approximate surface area is 240 Å². The number of hydrogen-bond donors (Lipinski definition) is 6. The first-order valence-corrected chi connectivity index (χ1v) is 16.5. The zero-order chi connectivity index (χ0) is 29.1. The first-order valence-electron chi connectivity index (χ1n) is 13.3. The van der Waals surface area contributed by atoms with Crippen molar-refractivity contribution in [3.8, 4) is 0 Å². The second-order valence-corrected chi connectivity index (χ2v) is 14.6. The lowest BCUT2D eigenvalue weighted by Crippen LogP contribution is -2.65. The summed E-state index contributed by atoms with van der Waals surface area (Å²) in [7, 11) is -3.40. The molecular weight excluding hydrogens is 566 g/mol. The molecule has 10 atom stereocenters. The van der Waals surface area contributed by atoms with Crippen LogP contribution in [-0.4, -0.2) is 95.0 Å². The number of halogens is 1. The van der Waals surface area contributed by atoms with Gasteiger partial charge in [0.15, 0.2) is 0 Å². The zero-order valence-corrected chi connectivity index (χ0v) is 25.3. The Balaban J connectivity index is 1.66. The van der Waals surface area contributed by atoms with Gasteiger partial charge in [0, 0.05) is 6.04 Å². The summed E-state index contributed by atoms with van der Waals surface area (Å²) in [6, 6.07) is 6.10. The molecule has 0 aromatic heterocycles. The lowest BCUT2D eigenvalue weighted by Gasteiger charge is -2.44. The van der Waals surface area contributed by atoms with Crippen LogP contribution in [-0.2, 0) is 19.6 Å². The topological polar surface area (TPSA) is 157 Å². The molecule has 0 spiro atoms. The minimum absolute atomic E-state index is 0.111. The molecule has 0 bridgehead atoms. The fraction of sp³-hybridized carbons (Fsp3) is 0.731. The predicted molar refractivity (Wildman–Crippen MR) is 153 cm³/mol. The number of rotatable bonds is 10. The van der Waals surface area contributed by atoms with E-state index >= 15 is 0 Å². The maximum absolute atomic E-state index is 13.3. The second-order valence-electron chi connectivity index (χ2n) is 10.7. The van der Waals surface area contributed by atoms with Gasteiger partial charge in [0.05, 0.1) is 22.7 Å². The molecule has 3 rings (SSSR count). The van der Waals surface area contributed by atoms with Crippen LogP contribution in [0.5, 0.6) is 0 Å². The third-order valence-electron chi connectivity index (χ3n) is 7.59. The van der Waals surface area contributed by atoms with Crippen molar-refractivity contribution >= 4 is 39.3 Å². The normalized spacial score (nSPS) is 32.4. The van der Waals surface area contributed by atoms with Gasteiger partial charge in [-0.05, 0) is 70.4 Å². The van der Waals surface area contributed by atoms with Gasteiger partial charge in [-0.1, -0.05) is 24.3 Å². The van der Waals surface area contributed by atoms with Crippen molar-refractivity contribution in [2.45, 2.75) is 105 Å². The summed E-state index contributed by atoms with van der Waals surface area (Å²) >= 11 is 7.60. The number of ether oxygens (including phenoxy) is 1. The highest BCUT2D eigenvalue weighted by molar-refractivity contribution is 7.99. The Morgan fingerprint density at radius 2 is 1.74 bits per heavy atom. The first kappa shape index (κ1) is 32.6. The average molecular weight is 608 g/mol. The van der Waals surface area contributed by atoms with E-state index in [0.29, 0.717) is 13.0 Å². The molecule has 39 heavy (non-hydrogen) atoms. The fourth-order valence-corrected chi connectivity index (χ4v) is 6.80. The van der Waals surface area contributed by atoms with Gasteiger partial charge >= 0.3 is 0 Å². The van der Waals surface area contributed by atoms with Gasteiger partial charge in [-0.3, -0.25) is 4.79 Å². The van der Waals surface area contributed by atoms with Crippen molar-refractivity contribution in [3.63, 3.8) is 0 Å². The second kappa shape index (κ2) is 13.8. The summed E-state index contributed by atoms with van der Waals surface area (Å²) in [5.74, 6) is -0.178. The van der Waals surface area contributed by atoms with Gasteiger partial charge in [0.1, 0.15) is 29.9 Å². The highest BCUT2D eigenvalue weighted by Gasteiger charge is 2.48. The van der Waals surface area contributed by atoms with Crippen LogP contribution in [0.3, 0.4) is 0 Å². The number of benzene rings is 1. The average Bonchev–Trinajstić information content (AvgIpc) is 2.90. The van der Waals surface area contributed by atoms with Gasteiger partial charge in [-0.25, -0.2) is 13.1 Å². The first-order chi connectivity index (χ1) is 18.3. The molecule has 2 saturated heterocycles. The molecule has 2 aliphatic heterocycles. The van der Waals surface area contributed by atoms with Crippen LogP contribution in [0, 0.1) is 0 Å². The Morgan fingerprint density at radius 1 is 1.10 bits per heavy atom. The van der Waals surface area contributed by atoms with Gasteiger partial charge in [0.2, 0.25) is 15.9 Å². The summed E-state index contributed by atoms with van der Waals surface area (Å²) in [5.41, 5.74) is 1.14. The van der Waals surface area contributed by atoms with Crippen molar-refractivity contribution in [2.24, 2.45) is 0 Å². The van der Waals surface area contributed by atoms with Crippen molar-refractivity contribution in [2.75, 3.05) is 12.8 Å². The standard InChI is InChI=1S/C26H42ClN3O7S2/c1-13(2)39(35,36)30-15(4)16-6-8-17(9-7-16)18-10-11-28-19(12-18)25(34)29-20(14(3)27)24-22(32)21(31)23(33)26(37-24)38-5/h6-9,13-15,18-24,26,28,30-33H,10-12H2,1-5H3,(H,29,34)/t14-,15+,18+,19-,20?,21-,22+,23+,24+,26+/m0/s1. The number of carbonyl (C=O) groups is 1. The van der Waals surface area contributed by atoms with Gasteiger partial charge in [-0.2, -0.15) is 0 Å². The van der Waals surface area contributed by atoms with Crippen molar-refractivity contribution in [3.05, 3.63) is 35.4 Å². The molecule has 13 heteroatoms. The number of hydrogen-bond acceptors (Lipinski definition) is 9. The largest absolute Gasteiger partial charge is 0.388 e. The summed E-state index contributed by atoms with van der Waals surface area (Å²) in [5, 5.41) is 36.1. The van der Waals surface area contributed by atoms with E-state index in [2.05, 4.69) is 15.4 Å². The summed E-state index contributed by atoms with van der Waals surface area (Å²) in [4.78, 5) is 13.3. The highest BCUT2D eigenvalue weighted by Crippen LogP contribution is 2.32. The molecule has 1 amide bonds. The molecule has 1 unspecified atom stereocenters. The van der Waals surface area contributed by atoms with E-state index < -0.39 is 62.6 Å². The minimum atomic E-state index is -3.40. The molecule has 222 valence electrons. The number of aliphatic hydroxyl groups is 3. The minimum Gasteiger partial charge on any atom is -0.388 e. The Morgan fingerprint density at radius 3 is 2.31 bits per heavy atom. The van der Waals surface area contributed by atoms with Crippen LogP contribution in [0.2, 0.25) is 0 Å². The molecule has 2 aliphatic rings. The van der Waals surface area contributed by atoms with Crippen LogP contribution in [0.4, 0.5) is 0 Å². The summed E-state index contributed by atoms with van der Waals surface area (Å²) < 4.78 is 33.0. The highest BCUT2D eigenvalue weighted by atomic mass is 35.5. The number of piperidine rings is 1. The Bertz CT molecular complexity index is 1060. The lowest BCUT2D eigenvalue weighted by atomic mass is 9.85. The molecule has 0 saturated carbocycles. The maximum atomic E-state index is 13.3. The Kier molecular flexibility index (Phi) is 11.5. The quantitative estimate of drug-likeness (QED) is 0.215. The number of alkyl halides is 1. The molecule has 0 radical (unpaired) electrons. The molecule has 10 nitrogen and oxygen atoms in total. The maximum Gasteiger partial charge on any atom is 0.237 e. The number of aliphatic hydroxyl groups excluding tert-OH is 3. The van der Waals surface area contributed by atoms with E-state index in [-0.39, 0.29) is 17.9 Å². The van der Waals surface area contributed by atoms with Crippen molar-refractivity contribution < 1.29 is 33.3 Å². The molecule has 0 aliphatic carbocycles. The van der Waals surface area contributed by atoms with Gasteiger partial charge < -0.3 is 30.7 Å². The van der Waals surface area contributed by atoms with E-state index in [9.17, 15) is 28.5 Å². The number of amides is 1. The van der Waals surface area contributed by atoms with Crippen LogP contribution in [0.25, 0.3) is 0 Å². The van der Waals surface area contributed by atoms with Crippen LogP contribution >= 0.6 is 23.4 Å². The molecule has 2 heterocycles. The fourth-order valence-electron chi connectivity index (χ4n) is 5.02. The molecule has 2 fully saturated rings. The molecule has 1 aromatic rings. The molecular formula is C26H42ClN3O7S2. The zero-order valence-electron chi connectivity index (χ0n) is 23.0. The predicted octanol–water partition coefficient (Wildman–Crippen LogP) is 1.19. The van der Waals surface area contributed by atoms with E-state index in [1.807, 2.05) is 31.2 Å². The van der Waals surface area contributed by atoms with Crippen LogP contribution < -0.4 is 15.4 Å². The number of nitrogens with one attached hydrogen (secondary N) is 3. The number of thioether (sulfide) groups is 1. The van der Waals surface area contributed by atoms with Crippen molar-refractivity contribution in [1.29, 1.82) is 0 Å². The molecule has 1 aromatic carbocycles. The van der Waals surface area contributed by atoms with Crippen LogP contribution in [0.1, 0.15) is 63.6 Å². The van der Waals surface area contributed by atoms with Gasteiger partial charge in [0.25, 0.3) is 0 Å². The SMILES string of the molecule is CS[C@H]1O[C@H](C(NC(=O)[C@@H]2C[C@H](c3ccc([C@@H](C)NS(=O)(=O)C(C)C)cc3)CCN2)[C@H](C)Cl)[C@H](O)[C@H](O)[C@H]1O. The molecule has 6 N–H and O–H groups in total. The monoisotopic (exact) mass is 607 g/mol. The Hall–Kier alpha value is -0.960. The summed E-state index contributed by atoms with van der Waals surface area (Å²) in [6.45, 7) is 7.38. The third-order valence-corrected chi connectivity index (χ3v) is 10.6. The number of carbonyl (C=O) groups excluding carboxylic acids is 1. The summed E-state index contributed by atoms with van der Waals surface area (Å²) in [6.07, 6.45) is -2.04. The lowest BCUT2D eigenvalue weighted by molar-refractivity contribution is -0.205. The number of sulfonamides is 1. The van der Waals surface area contributed by atoms with Crippen LogP contribution in [0.15, 0.2) is 24.3 Å². The van der Waals surface area contributed by atoms with Crippen molar-refractivity contribution in [1.82, 2.24) is 15.4 Å². The smallest absolute Gasteiger partial charge is 0.237 e. The third kappa shape index (κ3) is 7.87. The van der Waals surface area contributed by atoms with E-state index in [1.165, 1.54) is 11.8 Å². The van der Waals surface area contributed by atoms with Gasteiger partial charge in [-0.15, -0.1) is 23.4 Å². The van der Waals surface area contributed by atoms with E-state index in [4.69, 9.17) is 16.3 Å². The van der Waals surface area contributed by atoms with E-state index in [0.717, 1.165) is 17.5 Å².